The van der Waals surface area contributed by atoms with E-state index >= 15 is 0 Å². The van der Waals surface area contributed by atoms with Crippen LogP contribution < -0.4 is 0 Å². The zero-order valence-corrected chi connectivity index (χ0v) is 31.7. The van der Waals surface area contributed by atoms with E-state index in [0.717, 1.165) is 28.1 Å². The van der Waals surface area contributed by atoms with Crippen molar-refractivity contribution in [2.45, 2.75) is 0 Å². The molecule has 11 rings (SSSR count). The van der Waals surface area contributed by atoms with Crippen molar-refractivity contribution in [2.75, 3.05) is 0 Å². The van der Waals surface area contributed by atoms with E-state index in [9.17, 15) is 0 Å². The Hall–Kier alpha value is -7.20. The molecule has 2 aromatic heterocycles. The van der Waals surface area contributed by atoms with Crippen LogP contribution in [0.25, 0.3) is 109 Å². The lowest BCUT2D eigenvalue weighted by atomic mass is 9.92. The van der Waals surface area contributed by atoms with Crippen LogP contribution in [0.5, 0.6) is 0 Å². The third kappa shape index (κ3) is 5.97. The van der Waals surface area contributed by atoms with Crippen LogP contribution >= 0.6 is 11.3 Å². The van der Waals surface area contributed by atoms with Gasteiger partial charge in [-0.05, 0) is 73.1 Å². The Balaban J connectivity index is 0.925. The van der Waals surface area contributed by atoms with Gasteiger partial charge in [-0.25, -0.2) is 9.97 Å². The van der Waals surface area contributed by atoms with Gasteiger partial charge in [0.15, 0.2) is 5.82 Å². The molecule has 0 fully saturated rings. The summed E-state index contributed by atoms with van der Waals surface area (Å²) in [5.74, 6) is 0.709. The van der Waals surface area contributed by atoms with E-state index in [-0.39, 0.29) is 0 Å². The molecule has 0 spiro atoms. The Bertz CT molecular complexity index is 3250. The van der Waals surface area contributed by atoms with Gasteiger partial charge in [-0.15, -0.1) is 11.3 Å². The van der Waals surface area contributed by atoms with Crippen LogP contribution in [0.15, 0.2) is 206 Å². The van der Waals surface area contributed by atoms with Gasteiger partial charge in [0, 0.05) is 36.9 Å². The first-order valence-corrected chi connectivity index (χ1v) is 20.1. The highest BCUT2D eigenvalue weighted by molar-refractivity contribution is 7.26. The second kappa shape index (κ2) is 13.8. The number of thiophene rings is 1. The smallest absolute Gasteiger partial charge is 0.160 e. The van der Waals surface area contributed by atoms with Gasteiger partial charge >= 0.3 is 0 Å². The number of rotatable bonds is 6. The molecule has 0 unspecified atom stereocenters. The Morgan fingerprint density at radius 2 is 0.807 bits per heavy atom. The van der Waals surface area contributed by atoms with E-state index in [2.05, 4.69) is 188 Å². The molecule has 0 radical (unpaired) electrons. The maximum Gasteiger partial charge on any atom is 0.160 e. The molecule has 0 atom stereocenters. The van der Waals surface area contributed by atoms with E-state index in [1.165, 1.54) is 75.1 Å². The SMILES string of the molecule is c1ccc(-c2nc(-c3ccc(-c4ccc(-c5cccc6c5sc5ccccc56)cc4)cc3)cc(-c3ccc(-c4cc5ccccc5c5ccccc45)cc3)n2)cc1. The predicted molar refractivity (Wildman–Crippen MR) is 243 cm³/mol. The van der Waals surface area contributed by atoms with Crippen molar-refractivity contribution in [1.82, 2.24) is 9.97 Å². The number of nitrogens with zero attached hydrogens (tertiary/aromatic N) is 2. The molecular formula is C54H34N2S. The van der Waals surface area contributed by atoms with Gasteiger partial charge in [-0.2, -0.15) is 0 Å². The van der Waals surface area contributed by atoms with Crippen LogP contribution in [0.1, 0.15) is 0 Å². The number of hydrogen-bond donors (Lipinski definition) is 0. The minimum Gasteiger partial charge on any atom is -0.228 e. The summed E-state index contributed by atoms with van der Waals surface area (Å²) in [7, 11) is 0. The van der Waals surface area contributed by atoms with E-state index in [1.54, 1.807) is 0 Å². The first-order chi connectivity index (χ1) is 28.2. The highest BCUT2D eigenvalue weighted by atomic mass is 32.1. The lowest BCUT2D eigenvalue weighted by Crippen LogP contribution is -1.96. The van der Waals surface area contributed by atoms with Gasteiger partial charge in [0.25, 0.3) is 0 Å². The Kier molecular flexibility index (Phi) is 8.04. The zero-order chi connectivity index (χ0) is 37.7. The van der Waals surface area contributed by atoms with Crippen LogP contribution in [0.4, 0.5) is 0 Å². The minimum absolute atomic E-state index is 0.709. The third-order valence-corrected chi connectivity index (χ3v) is 12.4. The lowest BCUT2D eigenvalue weighted by Gasteiger charge is -2.13. The highest BCUT2D eigenvalue weighted by Gasteiger charge is 2.14. The first kappa shape index (κ1) is 33.2. The van der Waals surface area contributed by atoms with Gasteiger partial charge in [0.05, 0.1) is 11.4 Å². The van der Waals surface area contributed by atoms with Gasteiger partial charge in [0.1, 0.15) is 0 Å². The molecule has 0 saturated carbocycles. The number of benzene rings is 9. The Morgan fingerprint density at radius 3 is 1.49 bits per heavy atom. The fourth-order valence-corrected chi connectivity index (χ4v) is 9.46. The summed E-state index contributed by atoms with van der Waals surface area (Å²) in [6.45, 7) is 0. The predicted octanol–water partition coefficient (Wildman–Crippen LogP) is 15.2. The number of hydrogen-bond acceptors (Lipinski definition) is 3. The summed E-state index contributed by atoms with van der Waals surface area (Å²) in [6.07, 6.45) is 0. The molecule has 0 aliphatic rings. The van der Waals surface area contributed by atoms with Crippen LogP contribution in [0, 0.1) is 0 Å². The quantitative estimate of drug-likeness (QED) is 0.159. The average molecular weight is 743 g/mol. The summed E-state index contributed by atoms with van der Waals surface area (Å²) in [5.41, 5.74) is 12.1. The van der Waals surface area contributed by atoms with Gasteiger partial charge < -0.3 is 0 Å². The largest absolute Gasteiger partial charge is 0.228 e. The molecule has 266 valence electrons. The molecule has 3 heteroatoms. The molecular weight excluding hydrogens is 709 g/mol. The van der Waals surface area contributed by atoms with Crippen molar-refractivity contribution in [3.8, 4) is 67.3 Å². The molecule has 57 heavy (non-hydrogen) atoms. The van der Waals surface area contributed by atoms with Crippen LogP contribution in [0.2, 0.25) is 0 Å². The first-order valence-electron chi connectivity index (χ1n) is 19.3. The molecule has 9 aromatic carbocycles. The Morgan fingerprint density at radius 1 is 0.298 bits per heavy atom. The third-order valence-electron chi connectivity index (χ3n) is 11.1. The van der Waals surface area contributed by atoms with Gasteiger partial charge in [0.2, 0.25) is 0 Å². The molecule has 2 nitrogen and oxygen atoms in total. The molecule has 0 amide bonds. The fourth-order valence-electron chi connectivity index (χ4n) is 8.22. The van der Waals surface area contributed by atoms with Crippen molar-refractivity contribution >= 4 is 53.1 Å². The fraction of sp³-hybridized carbons (Fsp3) is 0. The second-order valence-electron chi connectivity index (χ2n) is 14.5. The summed E-state index contributed by atoms with van der Waals surface area (Å²) in [4.78, 5) is 10.2. The van der Waals surface area contributed by atoms with Gasteiger partial charge in [-0.1, -0.05) is 188 Å². The van der Waals surface area contributed by atoms with Crippen molar-refractivity contribution in [3.05, 3.63) is 206 Å². The summed E-state index contributed by atoms with van der Waals surface area (Å²) in [5, 5.41) is 7.69. The molecule has 0 saturated heterocycles. The number of fused-ring (bicyclic) bond motifs is 6. The molecule has 11 aromatic rings. The van der Waals surface area contributed by atoms with E-state index in [0.29, 0.717) is 5.82 Å². The average Bonchev–Trinajstić information content (AvgIpc) is 3.68. The molecule has 0 N–H and O–H groups in total. The van der Waals surface area contributed by atoms with E-state index in [4.69, 9.17) is 9.97 Å². The standard InChI is InChI=1S/C54H34N2S/c1-2-11-41(12-3-1)54-55-50(34-51(56-54)40-31-27-38(28-32-40)49-33-42-13-4-5-14-43(42)45-15-6-7-16-46(45)49)39-29-23-36(24-30-39)35-21-25-37(26-22-35)44-18-10-19-48-47-17-8-9-20-52(47)57-53(44)48/h1-34H. The Labute approximate surface area is 335 Å². The zero-order valence-electron chi connectivity index (χ0n) is 30.9. The van der Waals surface area contributed by atoms with Crippen molar-refractivity contribution < 1.29 is 0 Å². The minimum atomic E-state index is 0.709. The second-order valence-corrected chi connectivity index (χ2v) is 15.6. The normalized spacial score (nSPS) is 11.5. The summed E-state index contributed by atoms with van der Waals surface area (Å²) < 4.78 is 2.66. The van der Waals surface area contributed by atoms with Gasteiger partial charge in [-0.3, -0.25) is 0 Å². The maximum absolute atomic E-state index is 5.11. The topological polar surface area (TPSA) is 25.8 Å². The molecule has 2 heterocycles. The number of aromatic nitrogens is 2. The monoisotopic (exact) mass is 742 g/mol. The molecule has 0 bridgehead atoms. The molecule has 0 aliphatic carbocycles. The van der Waals surface area contributed by atoms with E-state index in [1.807, 2.05) is 29.5 Å². The lowest BCUT2D eigenvalue weighted by molar-refractivity contribution is 1.18. The molecule has 0 aliphatic heterocycles. The summed E-state index contributed by atoms with van der Waals surface area (Å²) >= 11 is 1.87. The van der Waals surface area contributed by atoms with Crippen molar-refractivity contribution in [2.24, 2.45) is 0 Å². The highest BCUT2D eigenvalue weighted by Crippen LogP contribution is 2.41. The van der Waals surface area contributed by atoms with Crippen molar-refractivity contribution in [1.29, 1.82) is 0 Å². The van der Waals surface area contributed by atoms with Crippen LogP contribution in [-0.2, 0) is 0 Å². The summed E-state index contributed by atoms with van der Waals surface area (Å²) in [6, 6.07) is 73.9. The van der Waals surface area contributed by atoms with Crippen molar-refractivity contribution in [3.63, 3.8) is 0 Å². The van der Waals surface area contributed by atoms with Crippen LogP contribution in [-0.4, -0.2) is 9.97 Å². The van der Waals surface area contributed by atoms with Crippen LogP contribution in [0.3, 0.4) is 0 Å². The van der Waals surface area contributed by atoms with E-state index < -0.39 is 0 Å². The maximum atomic E-state index is 5.11.